The maximum atomic E-state index is 11.5. The minimum atomic E-state index is -0.243. The maximum absolute atomic E-state index is 11.5. The fourth-order valence-corrected chi connectivity index (χ4v) is 1.77. The van der Waals surface area contributed by atoms with Gasteiger partial charge in [-0.2, -0.15) is 0 Å². The number of carbonyl (C=O) groups is 1. The molecule has 1 unspecified atom stereocenters. The molecule has 0 spiro atoms. The minimum Gasteiger partial charge on any atom is -0.394 e. The molecule has 0 saturated carbocycles. The number of nitrogens with zero attached hydrogens (tertiary/aromatic N) is 1. The van der Waals surface area contributed by atoms with Crippen molar-refractivity contribution < 1.29 is 9.90 Å². The first-order chi connectivity index (χ1) is 7.15. The second kappa shape index (κ2) is 6.02. The van der Waals surface area contributed by atoms with Crippen LogP contribution in [0.1, 0.15) is 26.2 Å². The molecule has 0 aromatic rings. The van der Waals surface area contributed by atoms with E-state index in [-0.39, 0.29) is 25.2 Å². The molecule has 1 atom stereocenters. The predicted octanol–water partition coefficient (Wildman–Crippen LogP) is 1.33. The molecule has 1 aliphatic carbocycles. The first-order valence-electron chi connectivity index (χ1n) is 5.19. The van der Waals surface area contributed by atoms with Crippen LogP contribution in [0.2, 0.25) is 0 Å². The number of thiol groups is 1. The van der Waals surface area contributed by atoms with Crippen molar-refractivity contribution in [3.63, 3.8) is 0 Å². The van der Waals surface area contributed by atoms with Gasteiger partial charge >= 0.3 is 6.03 Å². The van der Waals surface area contributed by atoms with Gasteiger partial charge in [-0.15, -0.1) is 0 Å². The largest absolute Gasteiger partial charge is 0.394 e. The standard InChI is InChI=1S/C10H18N2O2S/c1-8-4-2-3-5-9(8)11-10(14)12(15)6-7-13/h4,9,13,15H,2-3,5-7H2,1H3,(H,11,14). The summed E-state index contributed by atoms with van der Waals surface area (Å²) >= 11 is 3.98. The highest BCUT2D eigenvalue weighted by molar-refractivity contribution is 7.78. The smallest absolute Gasteiger partial charge is 0.327 e. The topological polar surface area (TPSA) is 52.6 Å². The molecule has 0 radical (unpaired) electrons. The highest BCUT2D eigenvalue weighted by atomic mass is 32.1. The Bertz CT molecular complexity index is 256. The number of allylic oxidation sites excluding steroid dienone is 1. The monoisotopic (exact) mass is 230 g/mol. The van der Waals surface area contributed by atoms with Gasteiger partial charge in [0.25, 0.3) is 0 Å². The highest BCUT2D eigenvalue weighted by Gasteiger charge is 2.18. The SMILES string of the molecule is CC1=CCCCC1NC(=O)N(S)CCO. The lowest BCUT2D eigenvalue weighted by atomic mass is 9.95. The fourth-order valence-electron chi connectivity index (χ4n) is 1.63. The molecule has 0 aromatic carbocycles. The van der Waals surface area contributed by atoms with E-state index in [2.05, 4.69) is 24.2 Å². The second-order valence-corrected chi connectivity index (χ2v) is 4.21. The van der Waals surface area contributed by atoms with Gasteiger partial charge < -0.3 is 10.4 Å². The van der Waals surface area contributed by atoms with Crippen molar-refractivity contribution >= 4 is 18.8 Å². The van der Waals surface area contributed by atoms with Gasteiger partial charge in [0.05, 0.1) is 19.2 Å². The van der Waals surface area contributed by atoms with E-state index in [1.807, 2.05) is 6.92 Å². The summed E-state index contributed by atoms with van der Waals surface area (Å²) in [6, 6.07) is -0.119. The van der Waals surface area contributed by atoms with Crippen LogP contribution < -0.4 is 5.32 Å². The van der Waals surface area contributed by atoms with Crippen LogP contribution in [0.4, 0.5) is 4.79 Å². The quantitative estimate of drug-likeness (QED) is 0.506. The van der Waals surface area contributed by atoms with Gasteiger partial charge in [-0.05, 0) is 26.2 Å². The van der Waals surface area contributed by atoms with E-state index >= 15 is 0 Å². The summed E-state index contributed by atoms with van der Waals surface area (Å²) in [6.07, 6.45) is 5.34. The summed E-state index contributed by atoms with van der Waals surface area (Å²) in [7, 11) is 0. The summed E-state index contributed by atoms with van der Waals surface area (Å²) < 4.78 is 1.20. The highest BCUT2D eigenvalue weighted by Crippen LogP contribution is 2.17. The van der Waals surface area contributed by atoms with Crippen molar-refractivity contribution in [3.8, 4) is 0 Å². The summed E-state index contributed by atoms with van der Waals surface area (Å²) in [4.78, 5) is 11.5. The molecule has 5 heteroatoms. The van der Waals surface area contributed by atoms with Gasteiger partial charge in [-0.3, -0.25) is 4.31 Å². The van der Waals surface area contributed by atoms with Crippen LogP contribution in [0.5, 0.6) is 0 Å². The number of carbonyl (C=O) groups excluding carboxylic acids is 1. The Morgan fingerprint density at radius 2 is 2.53 bits per heavy atom. The molecule has 1 aliphatic rings. The third-order valence-electron chi connectivity index (χ3n) is 2.56. The third-order valence-corrected chi connectivity index (χ3v) is 2.94. The van der Waals surface area contributed by atoms with Crippen LogP contribution in [0.25, 0.3) is 0 Å². The molecular formula is C10H18N2O2S. The molecule has 0 fully saturated rings. The molecule has 4 nitrogen and oxygen atoms in total. The van der Waals surface area contributed by atoms with Crippen LogP contribution in [0, 0.1) is 0 Å². The van der Waals surface area contributed by atoms with Gasteiger partial charge in [-0.25, -0.2) is 4.79 Å². The average molecular weight is 230 g/mol. The molecular weight excluding hydrogens is 212 g/mol. The Labute approximate surface area is 95.9 Å². The Kier molecular flexibility index (Phi) is 4.98. The molecule has 15 heavy (non-hydrogen) atoms. The van der Waals surface area contributed by atoms with Crippen molar-refractivity contribution in [3.05, 3.63) is 11.6 Å². The lowest BCUT2D eigenvalue weighted by Crippen LogP contribution is -2.43. The zero-order valence-corrected chi connectivity index (χ0v) is 9.83. The van der Waals surface area contributed by atoms with Crippen molar-refractivity contribution in [1.82, 2.24) is 9.62 Å². The van der Waals surface area contributed by atoms with Gasteiger partial charge in [0, 0.05) is 0 Å². The molecule has 1 rings (SSSR count). The molecule has 86 valence electrons. The number of urea groups is 1. The lowest BCUT2D eigenvalue weighted by molar-refractivity contribution is 0.210. The van der Waals surface area contributed by atoms with Crippen LogP contribution in [-0.4, -0.2) is 34.6 Å². The Morgan fingerprint density at radius 1 is 1.80 bits per heavy atom. The average Bonchev–Trinajstić information content (AvgIpc) is 2.21. The van der Waals surface area contributed by atoms with E-state index in [0.717, 1.165) is 19.3 Å². The minimum absolute atomic E-state index is 0.0730. The number of amides is 2. The number of hydrogen-bond donors (Lipinski definition) is 3. The molecule has 0 aliphatic heterocycles. The summed E-state index contributed by atoms with van der Waals surface area (Å²) in [5.74, 6) is 0. The molecule has 2 amide bonds. The van der Waals surface area contributed by atoms with E-state index in [0.29, 0.717) is 0 Å². The van der Waals surface area contributed by atoms with E-state index < -0.39 is 0 Å². The summed E-state index contributed by atoms with van der Waals surface area (Å²) in [5, 5.41) is 11.5. The van der Waals surface area contributed by atoms with Crippen LogP contribution >= 0.6 is 12.8 Å². The van der Waals surface area contributed by atoms with Gasteiger partial charge in [0.2, 0.25) is 0 Å². The van der Waals surface area contributed by atoms with Crippen molar-refractivity contribution in [2.24, 2.45) is 0 Å². The number of nitrogens with one attached hydrogen (secondary N) is 1. The van der Waals surface area contributed by atoms with E-state index in [1.54, 1.807) is 0 Å². The first kappa shape index (κ1) is 12.4. The van der Waals surface area contributed by atoms with E-state index in [9.17, 15) is 4.79 Å². The van der Waals surface area contributed by atoms with Crippen molar-refractivity contribution in [2.75, 3.05) is 13.2 Å². The summed E-state index contributed by atoms with van der Waals surface area (Å²) in [6.45, 7) is 2.19. The Balaban J connectivity index is 2.43. The lowest BCUT2D eigenvalue weighted by Gasteiger charge is -2.25. The number of aliphatic hydroxyl groups excluding tert-OH is 1. The third kappa shape index (κ3) is 3.76. The number of aliphatic hydroxyl groups is 1. The van der Waals surface area contributed by atoms with Gasteiger partial charge in [-0.1, -0.05) is 24.5 Å². The van der Waals surface area contributed by atoms with Crippen molar-refractivity contribution in [1.29, 1.82) is 0 Å². The number of rotatable bonds is 3. The Morgan fingerprint density at radius 3 is 3.13 bits per heavy atom. The fraction of sp³-hybridized carbons (Fsp3) is 0.700. The van der Waals surface area contributed by atoms with Crippen LogP contribution in [0.15, 0.2) is 11.6 Å². The molecule has 2 N–H and O–H groups in total. The summed E-state index contributed by atoms with van der Waals surface area (Å²) in [5.41, 5.74) is 1.21. The van der Waals surface area contributed by atoms with Gasteiger partial charge in [0.1, 0.15) is 0 Å². The van der Waals surface area contributed by atoms with Crippen molar-refractivity contribution in [2.45, 2.75) is 32.2 Å². The van der Waals surface area contributed by atoms with Crippen LogP contribution in [-0.2, 0) is 0 Å². The Hall–Kier alpha value is -0.680. The van der Waals surface area contributed by atoms with Crippen LogP contribution in [0.3, 0.4) is 0 Å². The molecule has 0 heterocycles. The second-order valence-electron chi connectivity index (χ2n) is 3.73. The van der Waals surface area contributed by atoms with E-state index in [4.69, 9.17) is 5.11 Å². The predicted molar refractivity (Wildman–Crippen MR) is 62.7 cm³/mol. The maximum Gasteiger partial charge on any atom is 0.327 e. The molecule has 0 saturated heterocycles. The molecule has 0 aromatic heterocycles. The zero-order chi connectivity index (χ0) is 11.3. The van der Waals surface area contributed by atoms with E-state index in [1.165, 1.54) is 9.88 Å². The van der Waals surface area contributed by atoms with Gasteiger partial charge in [0.15, 0.2) is 0 Å². The normalized spacial score (nSPS) is 20.7. The molecule has 0 bridgehead atoms. The zero-order valence-electron chi connectivity index (χ0n) is 8.94. The first-order valence-corrected chi connectivity index (χ1v) is 5.59. The number of hydrogen-bond acceptors (Lipinski definition) is 3.